The maximum atomic E-state index is 5.66. The minimum Gasteiger partial charge on any atom is -0.384 e. The summed E-state index contributed by atoms with van der Waals surface area (Å²) < 4.78 is 0.986. The normalized spacial score (nSPS) is 10.6. The van der Waals surface area contributed by atoms with Crippen LogP contribution >= 0.6 is 15.9 Å². The number of pyridine rings is 1. The second kappa shape index (κ2) is 3.00. The highest BCUT2D eigenvalue weighted by Gasteiger charge is 2.02. The lowest BCUT2D eigenvalue weighted by molar-refractivity contribution is 1.36. The predicted molar refractivity (Wildman–Crippen MR) is 58.6 cm³/mol. The molecule has 1 aromatic carbocycles. The third-order valence-electron chi connectivity index (χ3n) is 2.02. The van der Waals surface area contributed by atoms with Gasteiger partial charge in [-0.25, -0.2) is 4.98 Å². The smallest absolute Gasteiger partial charge is 0.124 e. The van der Waals surface area contributed by atoms with Crippen LogP contribution in [0.5, 0.6) is 0 Å². The lowest BCUT2D eigenvalue weighted by Gasteiger charge is -2.04. The van der Waals surface area contributed by atoms with E-state index in [0.29, 0.717) is 5.82 Å². The Morgan fingerprint density at radius 1 is 1.38 bits per heavy atom. The molecule has 0 amide bonds. The van der Waals surface area contributed by atoms with E-state index in [4.69, 9.17) is 5.73 Å². The first kappa shape index (κ1) is 8.51. The zero-order chi connectivity index (χ0) is 9.42. The Morgan fingerprint density at radius 2 is 2.15 bits per heavy atom. The molecule has 0 spiro atoms. The molecule has 1 heterocycles. The number of benzene rings is 1. The molecule has 13 heavy (non-hydrogen) atoms. The van der Waals surface area contributed by atoms with Gasteiger partial charge in [0.05, 0.1) is 5.52 Å². The molecule has 0 fully saturated rings. The Balaban J connectivity index is 2.94. The summed E-state index contributed by atoms with van der Waals surface area (Å²) in [6.07, 6.45) is 0. The van der Waals surface area contributed by atoms with Crippen LogP contribution < -0.4 is 5.73 Å². The summed E-state index contributed by atoms with van der Waals surface area (Å²) >= 11 is 3.45. The largest absolute Gasteiger partial charge is 0.384 e. The Bertz CT molecular complexity index is 466. The quantitative estimate of drug-likeness (QED) is 0.765. The van der Waals surface area contributed by atoms with Crippen molar-refractivity contribution in [3.63, 3.8) is 0 Å². The molecule has 0 saturated carbocycles. The van der Waals surface area contributed by atoms with Crippen molar-refractivity contribution in [1.82, 2.24) is 4.98 Å². The van der Waals surface area contributed by atoms with Crippen LogP contribution in [0.2, 0.25) is 0 Å². The molecular weight excluding hydrogens is 228 g/mol. The number of anilines is 1. The van der Waals surface area contributed by atoms with Crippen molar-refractivity contribution in [2.24, 2.45) is 0 Å². The van der Waals surface area contributed by atoms with E-state index < -0.39 is 0 Å². The van der Waals surface area contributed by atoms with Gasteiger partial charge in [0.25, 0.3) is 0 Å². The van der Waals surface area contributed by atoms with Crippen LogP contribution in [-0.2, 0) is 0 Å². The fourth-order valence-corrected chi connectivity index (χ4v) is 1.86. The van der Waals surface area contributed by atoms with E-state index in [9.17, 15) is 0 Å². The first-order chi connectivity index (χ1) is 6.18. The van der Waals surface area contributed by atoms with Crippen LogP contribution in [0.1, 0.15) is 5.56 Å². The number of hydrogen-bond donors (Lipinski definition) is 1. The lowest BCUT2D eigenvalue weighted by atomic mass is 10.1. The van der Waals surface area contributed by atoms with Gasteiger partial charge >= 0.3 is 0 Å². The molecule has 0 aliphatic rings. The van der Waals surface area contributed by atoms with Gasteiger partial charge in [-0.3, -0.25) is 0 Å². The van der Waals surface area contributed by atoms with Gasteiger partial charge in [-0.2, -0.15) is 0 Å². The number of rotatable bonds is 0. The minimum atomic E-state index is 0.567. The summed E-state index contributed by atoms with van der Waals surface area (Å²) in [7, 11) is 0. The average molecular weight is 237 g/mol. The molecule has 2 rings (SSSR count). The van der Waals surface area contributed by atoms with Crippen molar-refractivity contribution in [3.8, 4) is 0 Å². The third kappa shape index (κ3) is 1.40. The van der Waals surface area contributed by atoms with Gasteiger partial charge in [-0.1, -0.05) is 12.1 Å². The average Bonchev–Trinajstić information content (AvgIpc) is 2.07. The molecule has 3 heteroatoms. The monoisotopic (exact) mass is 236 g/mol. The van der Waals surface area contributed by atoms with Gasteiger partial charge < -0.3 is 5.73 Å². The van der Waals surface area contributed by atoms with Gasteiger partial charge in [-0.05, 0) is 40.5 Å². The second-order valence-electron chi connectivity index (χ2n) is 3.00. The van der Waals surface area contributed by atoms with Crippen LogP contribution in [0.4, 0.5) is 5.82 Å². The maximum absolute atomic E-state index is 5.66. The number of hydrogen-bond acceptors (Lipinski definition) is 2. The summed E-state index contributed by atoms with van der Waals surface area (Å²) in [6, 6.07) is 7.89. The molecule has 0 bridgehead atoms. The lowest BCUT2D eigenvalue weighted by Crippen LogP contribution is -1.92. The van der Waals surface area contributed by atoms with Crippen molar-refractivity contribution >= 4 is 32.7 Å². The van der Waals surface area contributed by atoms with E-state index in [-0.39, 0.29) is 0 Å². The highest BCUT2D eigenvalue weighted by Crippen LogP contribution is 2.25. The van der Waals surface area contributed by atoms with Crippen LogP contribution in [0.3, 0.4) is 0 Å². The number of nitrogen functional groups attached to an aromatic ring is 1. The minimum absolute atomic E-state index is 0.567. The number of aromatic nitrogens is 1. The Kier molecular flexibility index (Phi) is 1.96. The fraction of sp³-hybridized carbons (Fsp3) is 0.100. The van der Waals surface area contributed by atoms with Gasteiger partial charge in [0.1, 0.15) is 5.82 Å². The highest BCUT2D eigenvalue weighted by atomic mass is 79.9. The van der Waals surface area contributed by atoms with E-state index in [1.807, 2.05) is 31.2 Å². The number of para-hydroxylation sites is 1. The molecule has 2 N–H and O–H groups in total. The zero-order valence-corrected chi connectivity index (χ0v) is 8.80. The van der Waals surface area contributed by atoms with Crippen molar-refractivity contribution in [1.29, 1.82) is 0 Å². The molecule has 0 saturated heterocycles. The molecule has 2 aromatic rings. The molecule has 0 atom stereocenters. The number of fused-ring (bicyclic) bond motifs is 1. The third-order valence-corrected chi connectivity index (χ3v) is 2.66. The van der Waals surface area contributed by atoms with Crippen molar-refractivity contribution in [2.75, 3.05) is 5.73 Å². The Hall–Kier alpha value is -1.09. The zero-order valence-electron chi connectivity index (χ0n) is 7.21. The van der Waals surface area contributed by atoms with Gasteiger partial charge in [-0.15, -0.1) is 0 Å². The summed E-state index contributed by atoms with van der Waals surface area (Å²) in [5.41, 5.74) is 7.75. The molecule has 0 unspecified atom stereocenters. The molecular formula is C10H9BrN2. The van der Waals surface area contributed by atoms with Crippen LogP contribution in [0, 0.1) is 6.92 Å². The molecule has 0 aliphatic heterocycles. The molecule has 2 nitrogen and oxygen atoms in total. The summed E-state index contributed by atoms with van der Waals surface area (Å²) in [5.74, 6) is 0.567. The summed E-state index contributed by atoms with van der Waals surface area (Å²) in [4.78, 5) is 4.27. The first-order valence-electron chi connectivity index (χ1n) is 4.00. The van der Waals surface area contributed by atoms with E-state index in [2.05, 4.69) is 20.9 Å². The van der Waals surface area contributed by atoms with Crippen LogP contribution in [0.25, 0.3) is 10.9 Å². The molecule has 0 radical (unpaired) electrons. The number of nitrogens with zero attached hydrogens (tertiary/aromatic N) is 1. The topological polar surface area (TPSA) is 38.9 Å². The van der Waals surface area contributed by atoms with Crippen molar-refractivity contribution < 1.29 is 0 Å². The Morgan fingerprint density at radius 3 is 2.92 bits per heavy atom. The SMILES string of the molecule is Cc1cc(N)nc2c(Br)cccc12. The van der Waals surface area contributed by atoms with Crippen LogP contribution in [0.15, 0.2) is 28.7 Å². The second-order valence-corrected chi connectivity index (χ2v) is 3.85. The van der Waals surface area contributed by atoms with E-state index >= 15 is 0 Å². The predicted octanol–water partition coefficient (Wildman–Crippen LogP) is 2.89. The highest BCUT2D eigenvalue weighted by molar-refractivity contribution is 9.10. The van der Waals surface area contributed by atoms with E-state index in [0.717, 1.165) is 20.9 Å². The van der Waals surface area contributed by atoms with Gasteiger partial charge in [0, 0.05) is 9.86 Å². The van der Waals surface area contributed by atoms with Crippen molar-refractivity contribution in [2.45, 2.75) is 6.92 Å². The fourth-order valence-electron chi connectivity index (χ4n) is 1.41. The summed E-state index contributed by atoms with van der Waals surface area (Å²) in [5, 5.41) is 1.14. The number of aryl methyl sites for hydroxylation is 1. The molecule has 66 valence electrons. The molecule has 1 aromatic heterocycles. The number of nitrogens with two attached hydrogens (primary N) is 1. The maximum Gasteiger partial charge on any atom is 0.124 e. The van der Waals surface area contributed by atoms with E-state index in [1.54, 1.807) is 0 Å². The van der Waals surface area contributed by atoms with Crippen molar-refractivity contribution in [3.05, 3.63) is 34.3 Å². The van der Waals surface area contributed by atoms with Crippen LogP contribution in [-0.4, -0.2) is 4.98 Å². The molecule has 0 aliphatic carbocycles. The summed E-state index contributed by atoms with van der Waals surface area (Å²) in [6.45, 7) is 2.03. The van der Waals surface area contributed by atoms with Gasteiger partial charge in [0.15, 0.2) is 0 Å². The van der Waals surface area contributed by atoms with E-state index in [1.165, 1.54) is 0 Å². The first-order valence-corrected chi connectivity index (χ1v) is 4.79. The standard InChI is InChI=1S/C10H9BrN2/c1-6-5-9(12)13-10-7(6)3-2-4-8(10)11/h2-5H,1H3,(H2,12,13). The number of halogens is 1. The van der Waals surface area contributed by atoms with Gasteiger partial charge in [0.2, 0.25) is 0 Å². The Labute approximate surface area is 84.9 Å².